The normalized spacial score (nSPS) is 19.4. The first kappa shape index (κ1) is 48.6. The van der Waals surface area contributed by atoms with Crippen LogP contribution < -0.4 is 4.74 Å². The van der Waals surface area contributed by atoms with Crippen molar-refractivity contribution in [3.63, 3.8) is 0 Å². The van der Waals surface area contributed by atoms with Crippen LogP contribution in [-0.2, 0) is 23.4 Å². The molecule has 1 unspecified atom stereocenters. The molecule has 11 heteroatoms. The molecule has 2 aromatic rings. The van der Waals surface area contributed by atoms with Crippen molar-refractivity contribution in [2.24, 2.45) is 5.92 Å². The van der Waals surface area contributed by atoms with Crippen molar-refractivity contribution in [3.05, 3.63) is 82.9 Å². The number of carbonyl (C=O) groups excluding carboxylic acids is 2. The highest BCUT2D eigenvalue weighted by atomic mass is 28.4. The van der Waals surface area contributed by atoms with Gasteiger partial charge in [0.1, 0.15) is 18.0 Å². The summed E-state index contributed by atoms with van der Waals surface area (Å²) in [6.07, 6.45) is 6.52. The monoisotopic (exact) mass is 838 g/mol. The summed E-state index contributed by atoms with van der Waals surface area (Å²) in [6, 6.07) is 14.8. The molecule has 0 radical (unpaired) electrons. The van der Waals surface area contributed by atoms with Gasteiger partial charge in [0.05, 0.1) is 30.4 Å². The zero-order valence-electron chi connectivity index (χ0n) is 38.0. The second kappa shape index (κ2) is 20.0. The molecule has 0 spiro atoms. The third kappa shape index (κ3) is 15.7. The van der Waals surface area contributed by atoms with Crippen LogP contribution in [0.25, 0.3) is 6.08 Å². The fourth-order valence-corrected chi connectivity index (χ4v) is 9.02. The number of carbonyl (C=O) groups is 2. The van der Waals surface area contributed by atoms with Crippen molar-refractivity contribution < 1.29 is 37.7 Å². The Balaban J connectivity index is 1.96. The SMILES string of the molecule is Cc1cc(OCC[Si](C)(C)C)cc(/C=C/C[C@@H]2OC(C)(C)O[C@@H]2C(/C=C\[C@@H](C)[C@H](C)O[Si](C)(C)C(C)(C)C)OC(=O)c2ccccc2)c1C(=O)OCC[Si](C)(C)C. The Kier molecular flexibility index (Phi) is 17.0. The van der Waals surface area contributed by atoms with Crippen molar-refractivity contribution in [2.45, 2.75) is 162 Å². The molecule has 0 amide bonds. The van der Waals surface area contributed by atoms with Crippen LogP contribution in [0.4, 0.5) is 0 Å². The molecular weight excluding hydrogens is 765 g/mol. The number of aryl methyl sites for hydroxylation is 1. The minimum atomic E-state index is -2.01. The van der Waals surface area contributed by atoms with E-state index in [1.807, 2.05) is 69.3 Å². The van der Waals surface area contributed by atoms with Crippen molar-refractivity contribution in [2.75, 3.05) is 13.2 Å². The van der Waals surface area contributed by atoms with E-state index in [1.165, 1.54) is 0 Å². The predicted molar refractivity (Wildman–Crippen MR) is 242 cm³/mol. The van der Waals surface area contributed by atoms with Gasteiger partial charge in [-0.2, -0.15) is 0 Å². The Labute approximate surface area is 348 Å². The molecular formula is C46H74O8Si3. The Morgan fingerprint density at radius 2 is 1.47 bits per heavy atom. The molecule has 0 aliphatic carbocycles. The highest BCUT2D eigenvalue weighted by Crippen LogP contribution is 2.39. The Hall–Kier alpha value is -2.81. The van der Waals surface area contributed by atoms with Gasteiger partial charge >= 0.3 is 11.9 Å². The lowest BCUT2D eigenvalue weighted by atomic mass is 9.98. The fraction of sp³-hybridized carbons (Fsp3) is 0.609. The summed E-state index contributed by atoms with van der Waals surface area (Å²) >= 11 is 0. The van der Waals surface area contributed by atoms with Gasteiger partial charge in [-0.3, -0.25) is 0 Å². The molecule has 0 saturated carbocycles. The summed E-state index contributed by atoms with van der Waals surface area (Å²) < 4.78 is 38.1. The maximum Gasteiger partial charge on any atom is 0.338 e. The molecule has 1 aliphatic rings. The molecule has 57 heavy (non-hydrogen) atoms. The van der Waals surface area contributed by atoms with Gasteiger partial charge in [0.25, 0.3) is 0 Å². The van der Waals surface area contributed by atoms with Crippen LogP contribution in [0.1, 0.15) is 86.7 Å². The van der Waals surface area contributed by atoms with Crippen LogP contribution in [0.5, 0.6) is 5.75 Å². The topological polar surface area (TPSA) is 89.5 Å². The van der Waals surface area contributed by atoms with Crippen LogP contribution in [0.3, 0.4) is 0 Å². The minimum absolute atomic E-state index is 0.0399. The number of hydrogen-bond acceptors (Lipinski definition) is 8. The third-order valence-corrected chi connectivity index (χ3v) is 18.8. The van der Waals surface area contributed by atoms with Crippen LogP contribution >= 0.6 is 0 Å². The summed E-state index contributed by atoms with van der Waals surface area (Å²) in [5, 5.41) is 0.0786. The number of hydrogen-bond donors (Lipinski definition) is 0. The van der Waals surface area contributed by atoms with E-state index in [1.54, 1.807) is 12.1 Å². The second-order valence-corrected chi connectivity index (χ2v) is 36.1. The highest BCUT2D eigenvalue weighted by Gasteiger charge is 2.46. The Bertz CT molecular complexity index is 1680. The van der Waals surface area contributed by atoms with Gasteiger partial charge in [-0.15, -0.1) is 0 Å². The first-order chi connectivity index (χ1) is 26.2. The highest BCUT2D eigenvalue weighted by molar-refractivity contribution is 6.76. The number of rotatable bonds is 19. The van der Waals surface area contributed by atoms with Gasteiger partial charge in [-0.05, 0) is 112 Å². The van der Waals surface area contributed by atoms with Crippen LogP contribution in [0.15, 0.2) is 60.7 Å². The van der Waals surface area contributed by atoms with Gasteiger partial charge < -0.3 is 28.1 Å². The average molecular weight is 839 g/mol. The van der Waals surface area contributed by atoms with Gasteiger partial charge in [0.15, 0.2) is 14.1 Å². The molecule has 0 bridgehead atoms. The maximum atomic E-state index is 13.6. The molecule has 5 atom stereocenters. The first-order valence-corrected chi connectivity index (χ1v) is 31.1. The quantitative estimate of drug-likeness (QED) is 0.0785. The van der Waals surface area contributed by atoms with Crippen molar-refractivity contribution in [1.29, 1.82) is 0 Å². The van der Waals surface area contributed by atoms with Crippen LogP contribution in [0.2, 0.25) is 69.5 Å². The van der Waals surface area contributed by atoms with E-state index in [0.717, 1.165) is 29.0 Å². The van der Waals surface area contributed by atoms with E-state index in [0.29, 0.717) is 30.8 Å². The molecule has 3 rings (SSSR count). The fourth-order valence-electron chi connectivity index (χ4n) is 6.10. The lowest BCUT2D eigenvalue weighted by molar-refractivity contribution is -0.152. The standard InChI is InChI=1S/C46H74O8Si3/c1-33(35(3)54-57(15,16)45(4,5)6)25-26-39(51-43(47)36-21-18-17-19-22-36)42-40(52-46(7,8)53-42)24-20-23-37-32-38(49-27-29-55(9,10)11)31-34(2)41(37)44(48)50-28-30-56(12,13)14/h17-23,25-26,31-33,35,39-40,42H,24,27-30H2,1-16H3/b23-20+,26-25-/t33-,35+,39?,40+,42-/m1/s1. The van der Waals surface area contributed by atoms with E-state index >= 15 is 0 Å². The van der Waals surface area contributed by atoms with E-state index in [9.17, 15) is 9.59 Å². The van der Waals surface area contributed by atoms with Gasteiger partial charge in [-0.1, -0.05) is 103 Å². The molecule has 0 aromatic heterocycles. The average Bonchev–Trinajstić information content (AvgIpc) is 3.38. The second-order valence-electron chi connectivity index (χ2n) is 20.2. The summed E-state index contributed by atoms with van der Waals surface area (Å²) in [5.74, 6) is -0.937. The molecule has 8 nitrogen and oxygen atoms in total. The third-order valence-electron chi connectivity index (χ3n) is 10.8. The van der Waals surface area contributed by atoms with Crippen LogP contribution in [-0.4, -0.2) is 79.8 Å². The lowest BCUT2D eigenvalue weighted by Gasteiger charge is -2.39. The molecule has 2 aromatic carbocycles. The van der Waals surface area contributed by atoms with Crippen molar-refractivity contribution in [1.82, 2.24) is 0 Å². The molecule has 0 N–H and O–H groups in total. The minimum Gasteiger partial charge on any atom is -0.494 e. The summed E-state index contributed by atoms with van der Waals surface area (Å²) in [7, 11) is -4.71. The smallest absolute Gasteiger partial charge is 0.338 e. The van der Waals surface area contributed by atoms with Crippen LogP contribution in [0, 0.1) is 12.8 Å². The maximum absolute atomic E-state index is 13.6. The molecule has 1 fully saturated rings. The largest absolute Gasteiger partial charge is 0.494 e. The Morgan fingerprint density at radius 1 is 0.860 bits per heavy atom. The Morgan fingerprint density at radius 3 is 2.07 bits per heavy atom. The summed E-state index contributed by atoms with van der Waals surface area (Å²) in [5.41, 5.74) is 2.51. The lowest BCUT2D eigenvalue weighted by Crippen LogP contribution is -2.44. The van der Waals surface area contributed by atoms with Gasteiger partial charge in [-0.25, -0.2) is 9.59 Å². The number of benzene rings is 2. The first-order valence-electron chi connectivity index (χ1n) is 20.8. The summed E-state index contributed by atoms with van der Waals surface area (Å²) in [6.45, 7) is 36.0. The molecule has 1 heterocycles. The van der Waals surface area contributed by atoms with E-state index in [-0.39, 0.29) is 23.0 Å². The number of ether oxygens (including phenoxy) is 5. The number of esters is 2. The van der Waals surface area contributed by atoms with Gasteiger partial charge in [0.2, 0.25) is 0 Å². The zero-order chi connectivity index (χ0) is 43.0. The van der Waals surface area contributed by atoms with Gasteiger partial charge in [0, 0.05) is 22.3 Å². The zero-order valence-corrected chi connectivity index (χ0v) is 41.0. The summed E-state index contributed by atoms with van der Waals surface area (Å²) in [4.78, 5) is 27.2. The van der Waals surface area contributed by atoms with E-state index in [4.69, 9.17) is 28.1 Å². The van der Waals surface area contributed by atoms with Crippen molar-refractivity contribution >= 4 is 42.5 Å². The van der Waals surface area contributed by atoms with E-state index < -0.39 is 54.5 Å². The molecule has 1 aliphatic heterocycles. The molecule has 1 saturated heterocycles. The van der Waals surface area contributed by atoms with Crippen molar-refractivity contribution in [3.8, 4) is 5.75 Å². The van der Waals surface area contributed by atoms with E-state index in [2.05, 4.69) is 93.1 Å². The molecule has 318 valence electrons. The predicted octanol–water partition coefficient (Wildman–Crippen LogP) is 12.0.